The first-order valence-corrected chi connectivity index (χ1v) is 20.8. The lowest BCUT2D eigenvalue weighted by atomic mass is 9.72. The van der Waals surface area contributed by atoms with Crippen molar-refractivity contribution in [1.82, 2.24) is 19.4 Å². The van der Waals surface area contributed by atoms with Crippen molar-refractivity contribution >= 4 is 64.4 Å². The van der Waals surface area contributed by atoms with Crippen molar-refractivity contribution in [3.63, 3.8) is 0 Å². The van der Waals surface area contributed by atoms with Gasteiger partial charge in [0.05, 0.1) is 30.0 Å². The van der Waals surface area contributed by atoms with E-state index in [0.717, 1.165) is 51.3 Å². The number of amides is 1. The SMILES string of the molecule is CC(C)(C)OC(=O)N1C[C@H](C(=O)O)C[C@@H]2c3cccc4c3c(cn4C(=O)OC(C)(C)C)C[C@H]21.COC(=O)[C@H]1CN[C@@H]2Cc3cn(C(=O)OC(C)(C)C)c4cccc(c34)[C@H]2C1.Cl. The normalized spacial score (nSPS) is 23.0. The monoisotopic (exact) mass is 862 g/mol. The summed E-state index contributed by atoms with van der Waals surface area (Å²) in [5.74, 6) is -1.85. The second kappa shape index (κ2) is 16.7. The van der Waals surface area contributed by atoms with Crippen LogP contribution in [-0.2, 0) is 41.4 Å². The Hall–Kier alpha value is -5.08. The highest BCUT2D eigenvalue weighted by molar-refractivity contribution is 5.96. The van der Waals surface area contributed by atoms with E-state index in [1.54, 1.807) is 36.4 Å². The van der Waals surface area contributed by atoms with Crippen molar-refractivity contribution < 1.29 is 48.0 Å². The molecule has 0 spiro atoms. The number of nitrogens with one attached hydrogen (secondary N) is 1. The lowest BCUT2D eigenvalue weighted by molar-refractivity contribution is -0.146. The number of esters is 1. The number of piperidine rings is 2. The van der Waals surface area contributed by atoms with Gasteiger partial charge in [-0.3, -0.25) is 18.7 Å². The van der Waals surface area contributed by atoms with Gasteiger partial charge in [-0.15, -0.1) is 12.4 Å². The largest absolute Gasteiger partial charge is 0.481 e. The topological polar surface area (TPSA) is 168 Å². The van der Waals surface area contributed by atoms with Crippen LogP contribution < -0.4 is 5.32 Å². The van der Waals surface area contributed by atoms with Crippen molar-refractivity contribution in [3.05, 3.63) is 71.0 Å². The van der Waals surface area contributed by atoms with Crippen molar-refractivity contribution in [2.24, 2.45) is 11.8 Å². The molecule has 15 heteroatoms. The number of nitrogens with zero attached hydrogens (tertiary/aromatic N) is 3. The fourth-order valence-corrected chi connectivity index (χ4v) is 9.43. The van der Waals surface area contributed by atoms with E-state index in [4.69, 9.17) is 18.9 Å². The van der Waals surface area contributed by atoms with Gasteiger partial charge in [0.25, 0.3) is 0 Å². The molecule has 4 heterocycles. The number of likely N-dealkylation sites (tertiary alicyclic amines) is 1. The third kappa shape index (κ3) is 9.25. The Morgan fingerprint density at radius 1 is 0.672 bits per heavy atom. The maximum absolute atomic E-state index is 13.1. The maximum Gasteiger partial charge on any atom is 0.419 e. The number of aromatic nitrogens is 2. The first-order valence-electron chi connectivity index (χ1n) is 20.8. The van der Waals surface area contributed by atoms with E-state index in [1.807, 2.05) is 78.1 Å². The molecule has 8 rings (SSSR count). The number of benzene rings is 2. The molecule has 4 aliphatic rings. The van der Waals surface area contributed by atoms with E-state index in [-0.39, 0.29) is 60.9 Å². The smallest absolute Gasteiger partial charge is 0.419 e. The van der Waals surface area contributed by atoms with Gasteiger partial charge < -0.3 is 34.3 Å². The first-order chi connectivity index (χ1) is 28.0. The highest BCUT2D eigenvalue weighted by Gasteiger charge is 2.46. The molecule has 2 fully saturated rings. The van der Waals surface area contributed by atoms with Gasteiger partial charge in [-0.05, 0) is 122 Å². The Bertz CT molecular complexity index is 2360. The van der Waals surface area contributed by atoms with Crippen molar-refractivity contribution in [1.29, 1.82) is 0 Å². The van der Waals surface area contributed by atoms with E-state index in [0.29, 0.717) is 19.4 Å². The molecule has 0 saturated carbocycles. The van der Waals surface area contributed by atoms with Crippen LogP contribution in [0.15, 0.2) is 48.8 Å². The number of halogens is 1. The van der Waals surface area contributed by atoms with E-state index in [2.05, 4.69) is 11.4 Å². The van der Waals surface area contributed by atoms with Crippen LogP contribution in [-0.4, -0.2) is 98.4 Å². The summed E-state index contributed by atoms with van der Waals surface area (Å²) >= 11 is 0. The van der Waals surface area contributed by atoms with Crippen LogP contribution in [0.2, 0.25) is 0 Å². The minimum Gasteiger partial charge on any atom is -0.481 e. The Labute approximate surface area is 362 Å². The van der Waals surface area contributed by atoms with Gasteiger partial charge in [-0.2, -0.15) is 0 Å². The van der Waals surface area contributed by atoms with Crippen LogP contribution in [0.4, 0.5) is 14.4 Å². The number of carboxylic acids is 1. The number of fused-ring (bicyclic) bond motifs is 4. The summed E-state index contributed by atoms with van der Waals surface area (Å²) in [6, 6.07) is 11.8. The molecule has 2 N–H and O–H groups in total. The van der Waals surface area contributed by atoms with E-state index in [1.165, 1.54) is 17.2 Å². The van der Waals surface area contributed by atoms with Gasteiger partial charge in [0.15, 0.2) is 0 Å². The molecule has 0 bridgehead atoms. The average molecular weight is 863 g/mol. The molecule has 2 aromatic heterocycles. The fourth-order valence-electron chi connectivity index (χ4n) is 9.43. The summed E-state index contributed by atoms with van der Waals surface area (Å²) < 4.78 is 24.9. The van der Waals surface area contributed by atoms with Gasteiger partial charge in [0, 0.05) is 60.2 Å². The summed E-state index contributed by atoms with van der Waals surface area (Å²) in [7, 11) is 1.44. The molecule has 2 aromatic carbocycles. The molecular formula is C46H59ClN4O10. The lowest BCUT2D eigenvalue weighted by Crippen LogP contribution is -2.54. The van der Waals surface area contributed by atoms with Gasteiger partial charge in [0.1, 0.15) is 16.8 Å². The minimum atomic E-state index is -0.925. The van der Waals surface area contributed by atoms with Crippen molar-refractivity contribution in [2.45, 2.75) is 129 Å². The zero-order chi connectivity index (χ0) is 43.6. The summed E-state index contributed by atoms with van der Waals surface area (Å²) in [4.78, 5) is 64.2. The lowest BCUT2D eigenvalue weighted by Gasteiger charge is -2.46. The predicted molar refractivity (Wildman–Crippen MR) is 232 cm³/mol. The molecule has 2 saturated heterocycles. The van der Waals surface area contributed by atoms with E-state index < -0.39 is 40.9 Å². The Kier molecular flexibility index (Phi) is 12.4. The second-order valence-electron chi connectivity index (χ2n) is 19.6. The molecule has 61 heavy (non-hydrogen) atoms. The molecule has 2 aliphatic heterocycles. The van der Waals surface area contributed by atoms with E-state index in [9.17, 15) is 29.1 Å². The highest BCUT2D eigenvalue weighted by atomic mass is 35.5. The molecule has 14 nitrogen and oxygen atoms in total. The molecular weight excluding hydrogens is 804 g/mol. The molecule has 0 radical (unpaired) electrons. The van der Waals surface area contributed by atoms with Crippen LogP contribution in [0.25, 0.3) is 21.8 Å². The number of hydrogen-bond acceptors (Lipinski definition) is 10. The Balaban J connectivity index is 0.000000204. The summed E-state index contributed by atoms with van der Waals surface area (Å²) in [6.45, 7) is 17.2. The first kappa shape index (κ1) is 45.4. The van der Waals surface area contributed by atoms with E-state index >= 15 is 0 Å². The summed E-state index contributed by atoms with van der Waals surface area (Å²) in [5, 5.41) is 15.4. The molecule has 330 valence electrons. The maximum atomic E-state index is 13.1. The predicted octanol–water partition coefficient (Wildman–Crippen LogP) is 8.41. The van der Waals surface area contributed by atoms with Crippen LogP contribution in [0.5, 0.6) is 0 Å². The standard InChI is InChI=1S/C25H32N2O6.C21H26N2O4.ClH/c1-24(2,3)32-22(30)26-12-14-11-19-17(16-8-7-9-18(26)20(14)16)10-15(21(28)29)13-27(19)23(31)33-25(4,5)6;1-21(2,3)27-20(25)23-11-13-9-16-15(8-12(10-22-16)19(24)26-4)14-6-5-7-17(23)18(13)14;/h7-9,12,15,17,19H,10-11,13H2,1-6H3,(H,28,29);5-7,11-12,15-16,22H,8-10H2,1-4H3;1H/t15-,17-,19-;12-,15-,16-;/m11./s1. The molecule has 0 unspecified atom stereocenters. The zero-order valence-electron chi connectivity index (χ0n) is 36.7. The van der Waals surface area contributed by atoms with Gasteiger partial charge in [-0.25, -0.2) is 14.4 Å². The van der Waals surface area contributed by atoms with Crippen molar-refractivity contribution in [3.8, 4) is 0 Å². The third-order valence-corrected chi connectivity index (χ3v) is 11.7. The third-order valence-electron chi connectivity index (χ3n) is 11.7. The summed E-state index contributed by atoms with van der Waals surface area (Å²) in [6.07, 6.45) is 4.90. The number of carbonyl (C=O) groups excluding carboxylic acids is 4. The van der Waals surface area contributed by atoms with Crippen LogP contribution in [0.1, 0.15) is 109 Å². The zero-order valence-corrected chi connectivity index (χ0v) is 37.5. The number of carbonyl (C=O) groups is 5. The minimum absolute atomic E-state index is 0. The van der Waals surface area contributed by atoms with Crippen LogP contribution in [0, 0.1) is 11.8 Å². The van der Waals surface area contributed by atoms with Crippen LogP contribution in [0.3, 0.4) is 0 Å². The number of rotatable bonds is 2. The Morgan fingerprint density at radius 3 is 1.64 bits per heavy atom. The van der Waals surface area contributed by atoms with Crippen LogP contribution >= 0.6 is 12.4 Å². The van der Waals surface area contributed by atoms with Gasteiger partial charge in [0.2, 0.25) is 0 Å². The molecule has 4 aromatic rings. The Morgan fingerprint density at radius 2 is 1.15 bits per heavy atom. The highest BCUT2D eigenvalue weighted by Crippen LogP contribution is 2.46. The molecule has 6 atom stereocenters. The van der Waals surface area contributed by atoms with Gasteiger partial charge in [-0.1, -0.05) is 24.3 Å². The number of carboxylic acid groups (broad SMARTS) is 1. The molecule has 2 aliphatic carbocycles. The summed E-state index contributed by atoms with van der Waals surface area (Å²) in [5.41, 5.74) is 3.97. The second-order valence-corrected chi connectivity index (χ2v) is 19.6. The molecule has 1 amide bonds. The fraction of sp³-hybridized carbons (Fsp3) is 0.543. The number of methoxy groups -OCH3 is 1. The number of hydrogen-bond donors (Lipinski definition) is 2. The van der Waals surface area contributed by atoms with Gasteiger partial charge >= 0.3 is 30.2 Å². The number of ether oxygens (including phenoxy) is 4. The number of aliphatic carboxylic acids is 1. The average Bonchev–Trinajstić information content (AvgIpc) is 3.72. The van der Waals surface area contributed by atoms with Crippen molar-refractivity contribution in [2.75, 3.05) is 20.2 Å². The quantitative estimate of drug-likeness (QED) is 0.147.